The van der Waals surface area contributed by atoms with Gasteiger partial charge in [-0.2, -0.15) is 0 Å². The number of aromatic nitrogens is 4. The van der Waals surface area contributed by atoms with E-state index >= 15 is 0 Å². The number of esters is 2. The lowest BCUT2D eigenvalue weighted by Gasteiger charge is -2.11. The molecule has 0 bridgehead atoms. The molecule has 0 aliphatic heterocycles. The molecule has 39 heavy (non-hydrogen) atoms. The van der Waals surface area contributed by atoms with Crippen molar-refractivity contribution in [3.63, 3.8) is 0 Å². The summed E-state index contributed by atoms with van der Waals surface area (Å²) in [7, 11) is 0. The van der Waals surface area contributed by atoms with E-state index in [9.17, 15) is 14.0 Å². The summed E-state index contributed by atoms with van der Waals surface area (Å²) in [6.07, 6.45) is 6.49. The first-order chi connectivity index (χ1) is 18.7. The minimum Gasteiger partial charge on any atom is -0.462 e. The molecule has 0 amide bonds. The molecule has 0 spiro atoms. The third-order valence-corrected chi connectivity index (χ3v) is 5.95. The summed E-state index contributed by atoms with van der Waals surface area (Å²) in [6.45, 7) is 8.08. The van der Waals surface area contributed by atoms with Gasteiger partial charge < -0.3 is 19.6 Å². The maximum Gasteiger partial charge on any atom is 0.343 e. The van der Waals surface area contributed by atoms with Crippen LogP contribution in [0, 0.1) is 12.7 Å². The highest BCUT2D eigenvalue weighted by molar-refractivity contribution is 7.98. The van der Waals surface area contributed by atoms with Gasteiger partial charge in [-0.1, -0.05) is 47.3 Å². The minimum atomic E-state index is -0.495. The molecular formula is C25H29ClFN5O5S2. The number of ether oxygens (including phenoxy) is 2. The molecule has 0 saturated heterocycles. The second kappa shape index (κ2) is 18.1. The Hall–Kier alpha value is -3.29. The second-order valence-corrected chi connectivity index (χ2v) is 8.96. The summed E-state index contributed by atoms with van der Waals surface area (Å²) in [4.78, 5) is 47.5. The molecule has 0 unspecified atom stereocenters. The van der Waals surface area contributed by atoms with Crippen LogP contribution in [0.15, 0.2) is 40.9 Å². The van der Waals surface area contributed by atoms with Crippen LogP contribution in [0.3, 0.4) is 0 Å². The van der Waals surface area contributed by atoms with Crippen molar-refractivity contribution in [3.8, 4) is 0 Å². The van der Waals surface area contributed by atoms with Crippen LogP contribution in [-0.4, -0.2) is 64.4 Å². The van der Waals surface area contributed by atoms with Crippen LogP contribution in [0.25, 0.3) is 0 Å². The van der Waals surface area contributed by atoms with Gasteiger partial charge in [0.05, 0.1) is 13.2 Å². The number of hydrogen-bond donors (Lipinski definition) is 1. The van der Waals surface area contributed by atoms with Crippen LogP contribution in [0.5, 0.6) is 0 Å². The third kappa shape index (κ3) is 10.8. The smallest absolute Gasteiger partial charge is 0.343 e. The van der Waals surface area contributed by atoms with E-state index < -0.39 is 11.9 Å². The van der Waals surface area contributed by atoms with Crippen molar-refractivity contribution in [2.75, 3.05) is 31.0 Å². The number of thioether (sulfide) groups is 2. The third-order valence-electron chi connectivity index (χ3n) is 4.54. The van der Waals surface area contributed by atoms with Crippen molar-refractivity contribution in [2.24, 2.45) is 0 Å². The standard InChI is InChI=1S/C16H18FN3O2S.C8H9ClN2O2S.CH2O/c1-4-22-15(21)12-9-19-16(23-3)20-14(12)18-8-11-6-5-10(2)13(17)7-11;1-3-13-7(12)5-4-10-8(14-2)11-6(5)9;1-2/h5-7,9H,4,8H2,1-3H3,(H,18,19,20);4H,3H2,1-2H3;1H2. The minimum absolute atomic E-state index is 0.128. The fraction of sp³-hybridized carbons (Fsp3) is 0.320. The molecule has 14 heteroatoms. The Labute approximate surface area is 239 Å². The van der Waals surface area contributed by atoms with E-state index in [-0.39, 0.29) is 28.7 Å². The Morgan fingerprint density at radius 1 is 0.974 bits per heavy atom. The van der Waals surface area contributed by atoms with Crippen LogP contribution < -0.4 is 5.32 Å². The van der Waals surface area contributed by atoms with E-state index in [1.165, 1.54) is 42.0 Å². The molecule has 2 aromatic heterocycles. The van der Waals surface area contributed by atoms with Gasteiger partial charge in [0.1, 0.15) is 34.7 Å². The summed E-state index contributed by atoms with van der Waals surface area (Å²) in [5, 5.41) is 4.25. The number of nitrogens with one attached hydrogen (secondary N) is 1. The summed E-state index contributed by atoms with van der Waals surface area (Å²) >= 11 is 8.50. The largest absolute Gasteiger partial charge is 0.462 e. The van der Waals surface area contributed by atoms with Gasteiger partial charge in [-0.3, -0.25) is 0 Å². The van der Waals surface area contributed by atoms with Crippen molar-refractivity contribution in [3.05, 3.63) is 63.8 Å². The molecule has 2 heterocycles. The van der Waals surface area contributed by atoms with Crippen molar-refractivity contribution in [2.45, 2.75) is 37.6 Å². The summed E-state index contributed by atoms with van der Waals surface area (Å²) in [6, 6.07) is 5.00. The fourth-order valence-corrected chi connectivity index (χ4v) is 3.62. The van der Waals surface area contributed by atoms with E-state index in [4.69, 9.17) is 25.9 Å². The predicted octanol–water partition coefficient (Wildman–Crippen LogP) is 5.28. The molecule has 0 aliphatic rings. The Morgan fingerprint density at radius 2 is 1.51 bits per heavy atom. The Kier molecular flexibility index (Phi) is 15.6. The molecule has 210 valence electrons. The predicted molar refractivity (Wildman–Crippen MR) is 150 cm³/mol. The van der Waals surface area contributed by atoms with Crippen LogP contribution in [0.2, 0.25) is 5.15 Å². The average Bonchev–Trinajstić information content (AvgIpc) is 2.95. The van der Waals surface area contributed by atoms with Gasteiger partial charge in [0.15, 0.2) is 10.3 Å². The molecule has 3 aromatic rings. The number of benzene rings is 1. The Balaban J connectivity index is 0.000000407. The first kappa shape index (κ1) is 33.7. The molecule has 1 N–H and O–H groups in total. The molecule has 3 rings (SSSR count). The van der Waals surface area contributed by atoms with Crippen LogP contribution >= 0.6 is 35.1 Å². The quantitative estimate of drug-likeness (QED) is 0.149. The zero-order chi connectivity index (χ0) is 29.4. The van der Waals surface area contributed by atoms with Crippen molar-refractivity contribution in [1.29, 1.82) is 0 Å². The maximum absolute atomic E-state index is 13.6. The van der Waals surface area contributed by atoms with E-state index in [0.717, 1.165) is 5.56 Å². The van der Waals surface area contributed by atoms with Gasteiger partial charge in [-0.25, -0.2) is 33.9 Å². The van der Waals surface area contributed by atoms with E-state index in [2.05, 4.69) is 25.3 Å². The average molecular weight is 598 g/mol. The number of aryl methyl sites for hydroxylation is 1. The van der Waals surface area contributed by atoms with Gasteiger partial charge in [0.2, 0.25) is 0 Å². The van der Waals surface area contributed by atoms with Gasteiger partial charge in [0.25, 0.3) is 0 Å². The van der Waals surface area contributed by atoms with Gasteiger partial charge in [-0.15, -0.1) is 0 Å². The SMILES string of the molecule is C=O.CCOC(=O)c1cnc(SC)nc1Cl.CCOC(=O)c1cnc(SC)nc1NCc1ccc(C)c(F)c1. The second-order valence-electron chi connectivity index (χ2n) is 7.06. The lowest BCUT2D eigenvalue weighted by Crippen LogP contribution is -2.12. The highest BCUT2D eigenvalue weighted by Crippen LogP contribution is 2.19. The van der Waals surface area contributed by atoms with Crippen LogP contribution in [0.1, 0.15) is 45.7 Å². The van der Waals surface area contributed by atoms with E-state index in [0.29, 0.717) is 34.8 Å². The Bertz CT molecular complexity index is 1260. The lowest BCUT2D eigenvalue weighted by molar-refractivity contribution is -0.0980. The van der Waals surface area contributed by atoms with Gasteiger partial charge in [-0.05, 0) is 50.5 Å². The maximum atomic E-state index is 13.6. The monoisotopic (exact) mass is 597 g/mol. The molecular weight excluding hydrogens is 569 g/mol. The van der Waals surface area contributed by atoms with E-state index in [1.54, 1.807) is 26.8 Å². The van der Waals surface area contributed by atoms with Crippen molar-refractivity contribution >= 4 is 59.7 Å². The van der Waals surface area contributed by atoms with Crippen molar-refractivity contribution in [1.82, 2.24) is 19.9 Å². The number of hydrogen-bond acceptors (Lipinski definition) is 12. The van der Waals surface area contributed by atoms with Crippen LogP contribution in [-0.2, 0) is 20.8 Å². The summed E-state index contributed by atoms with van der Waals surface area (Å²) in [5.74, 6) is -0.867. The first-order valence-electron chi connectivity index (χ1n) is 11.3. The molecule has 0 radical (unpaired) electrons. The highest BCUT2D eigenvalue weighted by Gasteiger charge is 2.16. The molecule has 10 nitrogen and oxygen atoms in total. The first-order valence-corrected chi connectivity index (χ1v) is 14.2. The van der Waals surface area contributed by atoms with Crippen LogP contribution in [0.4, 0.5) is 10.2 Å². The normalized spacial score (nSPS) is 9.82. The number of carbonyl (C=O) groups is 3. The summed E-state index contributed by atoms with van der Waals surface area (Å²) in [5.41, 5.74) is 1.81. The number of halogens is 2. The topological polar surface area (TPSA) is 133 Å². The number of carbonyl (C=O) groups excluding carboxylic acids is 3. The number of nitrogens with zero attached hydrogens (tertiary/aromatic N) is 4. The highest BCUT2D eigenvalue weighted by atomic mass is 35.5. The lowest BCUT2D eigenvalue weighted by atomic mass is 10.1. The summed E-state index contributed by atoms with van der Waals surface area (Å²) < 4.78 is 23.4. The molecule has 1 aromatic carbocycles. The zero-order valence-corrected chi connectivity index (χ0v) is 24.5. The molecule has 0 fully saturated rings. The number of rotatable bonds is 9. The van der Waals surface area contributed by atoms with Gasteiger partial charge in [0, 0.05) is 18.9 Å². The molecule has 0 atom stereocenters. The Morgan fingerprint density at radius 3 is 2.03 bits per heavy atom. The van der Waals surface area contributed by atoms with Gasteiger partial charge >= 0.3 is 11.9 Å². The molecule has 0 aliphatic carbocycles. The zero-order valence-electron chi connectivity index (χ0n) is 22.1. The van der Waals surface area contributed by atoms with Crippen molar-refractivity contribution < 1.29 is 28.2 Å². The molecule has 0 saturated carbocycles. The number of anilines is 1. The van der Waals surface area contributed by atoms with E-state index in [1.807, 2.05) is 25.4 Å². The fourth-order valence-electron chi connectivity index (χ4n) is 2.68.